The molecule has 2 aromatic rings. The van der Waals surface area contributed by atoms with E-state index in [0.717, 1.165) is 11.3 Å². The van der Waals surface area contributed by atoms with Gasteiger partial charge in [-0.05, 0) is 17.7 Å². The highest BCUT2D eigenvalue weighted by Gasteiger charge is 2.02. The van der Waals surface area contributed by atoms with Crippen LogP contribution in [0.15, 0.2) is 30.5 Å². The number of nitrogens with two attached hydrogens (primary N) is 1. The monoisotopic (exact) mass is 191 g/mol. The van der Waals surface area contributed by atoms with Crippen molar-refractivity contribution in [3.05, 3.63) is 47.5 Å². The highest BCUT2D eigenvalue weighted by Crippen LogP contribution is 2.13. The molecule has 2 rings (SSSR count). The van der Waals surface area contributed by atoms with Crippen molar-refractivity contribution in [1.29, 1.82) is 0 Å². The highest BCUT2D eigenvalue weighted by atomic mass is 19.1. The minimum atomic E-state index is -0.236. The van der Waals surface area contributed by atoms with Crippen LogP contribution in [0, 0.1) is 5.82 Å². The van der Waals surface area contributed by atoms with E-state index < -0.39 is 0 Å². The topological polar surface area (TPSA) is 54.7 Å². The lowest BCUT2D eigenvalue weighted by Crippen LogP contribution is -1.94. The van der Waals surface area contributed by atoms with E-state index in [9.17, 15) is 4.39 Å². The second-order valence-corrected chi connectivity index (χ2v) is 3.11. The summed E-state index contributed by atoms with van der Waals surface area (Å²) in [6.07, 6.45) is 2.12. The number of nitrogens with one attached hydrogen (secondary N) is 1. The van der Waals surface area contributed by atoms with Gasteiger partial charge in [0.1, 0.15) is 5.82 Å². The van der Waals surface area contributed by atoms with E-state index >= 15 is 0 Å². The Balaban J connectivity index is 2.23. The molecule has 0 fully saturated rings. The van der Waals surface area contributed by atoms with Gasteiger partial charge in [-0.1, -0.05) is 12.1 Å². The lowest BCUT2D eigenvalue weighted by molar-refractivity contribution is 0.626. The molecule has 0 spiro atoms. The van der Waals surface area contributed by atoms with Crippen LogP contribution in [0.25, 0.3) is 0 Å². The van der Waals surface area contributed by atoms with Gasteiger partial charge in [0, 0.05) is 6.42 Å². The SMILES string of the molecule is Nc1cn[nH]c1Cc1cccc(F)c1. The third-order valence-corrected chi connectivity index (χ3v) is 2.02. The number of rotatable bonds is 2. The third kappa shape index (κ3) is 1.74. The summed E-state index contributed by atoms with van der Waals surface area (Å²) in [5, 5.41) is 6.57. The molecule has 1 heterocycles. The number of hydrogen-bond acceptors (Lipinski definition) is 2. The van der Waals surface area contributed by atoms with Crippen molar-refractivity contribution in [1.82, 2.24) is 10.2 Å². The Morgan fingerprint density at radius 1 is 1.43 bits per heavy atom. The van der Waals surface area contributed by atoms with Crippen LogP contribution < -0.4 is 5.73 Å². The minimum absolute atomic E-state index is 0.236. The Bertz CT molecular complexity index is 436. The van der Waals surface area contributed by atoms with Gasteiger partial charge in [-0.3, -0.25) is 5.10 Å². The minimum Gasteiger partial charge on any atom is -0.396 e. The molecule has 3 nitrogen and oxygen atoms in total. The van der Waals surface area contributed by atoms with Crippen LogP contribution in [0.3, 0.4) is 0 Å². The van der Waals surface area contributed by atoms with E-state index in [1.165, 1.54) is 12.1 Å². The number of aromatic nitrogens is 2. The Morgan fingerprint density at radius 3 is 2.93 bits per heavy atom. The summed E-state index contributed by atoms with van der Waals surface area (Å²) in [6.45, 7) is 0. The lowest BCUT2D eigenvalue weighted by Gasteiger charge is -1.99. The number of aromatic amines is 1. The zero-order valence-corrected chi connectivity index (χ0v) is 7.50. The van der Waals surface area contributed by atoms with Crippen molar-refractivity contribution in [3.8, 4) is 0 Å². The van der Waals surface area contributed by atoms with Crippen LogP contribution in [0.5, 0.6) is 0 Å². The van der Waals surface area contributed by atoms with Crippen molar-refractivity contribution in [2.24, 2.45) is 0 Å². The Labute approximate surface area is 80.8 Å². The van der Waals surface area contributed by atoms with Crippen molar-refractivity contribution in [3.63, 3.8) is 0 Å². The maximum Gasteiger partial charge on any atom is 0.123 e. The molecule has 0 bridgehead atoms. The molecule has 0 saturated carbocycles. The van der Waals surface area contributed by atoms with Crippen molar-refractivity contribution >= 4 is 5.69 Å². The van der Waals surface area contributed by atoms with Crippen molar-refractivity contribution in [2.75, 3.05) is 5.73 Å². The predicted octanol–water partition coefficient (Wildman–Crippen LogP) is 1.72. The molecule has 0 unspecified atom stereocenters. The molecule has 0 amide bonds. The van der Waals surface area contributed by atoms with Crippen LogP contribution in [-0.4, -0.2) is 10.2 Å². The van der Waals surface area contributed by atoms with Crippen molar-refractivity contribution in [2.45, 2.75) is 6.42 Å². The summed E-state index contributed by atoms with van der Waals surface area (Å²) in [5.41, 5.74) is 7.94. The molecule has 72 valence electrons. The summed E-state index contributed by atoms with van der Waals surface area (Å²) in [6, 6.07) is 6.43. The van der Waals surface area contributed by atoms with E-state index in [1.54, 1.807) is 12.3 Å². The number of anilines is 1. The normalized spacial score (nSPS) is 10.4. The van der Waals surface area contributed by atoms with Gasteiger partial charge in [-0.2, -0.15) is 5.10 Å². The summed E-state index contributed by atoms with van der Waals surface area (Å²) < 4.78 is 12.8. The van der Waals surface area contributed by atoms with Crippen LogP contribution in [0.2, 0.25) is 0 Å². The number of H-pyrrole nitrogens is 1. The largest absolute Gasteiger partial charge is 0.396 e. The van der Waals surface area contributed by atoms with Crippen LogP contribution in [0.4, 0.5) is 10.1 Å². The van der Waals surface area contributed by atoms with Crippen LogP contribution >= 0.6 is 0 Å². The number of nitrogens with zero attached hydrogens (tertiary/aromatic N) is 1. The zero-order chi connectivity index (χ0) is 9.97. The van der Waals surface area contributed by atoms with Gasteiger partial charge in [-0.15, -0.1) is 0 Å². The first-order valence-electron chi connectivity index (χ1n) is 4.28. The zero-order valence-electron chi connectivity index (χ0n) is 7.50. The molecule has 1 aromatic carbocycles. The number of hydrogen-bond donors (Lipinski definition) is 2. The molecule has 0 radical (unpaired) electrons. The standard InChI is InChI=1S/C10H10FN3/c11-8-3-1-2-7(4-8)5-10-9(12)6-13-14-10/h1-4,6H,5,12H2,(H,13,14). The summed E-state index contributed by atoms with van der Waals surface area (Å²) in [7, 11) is 0. The Morgan fingerprint density at radius 2 is 2.29 bits per heavy atom. The molecule has 1 aromatic heterocycles. The summed E-state index contributed by atoms with van der Waals surface area (Å²) >= 11 is 0. The molecule has 4 heteroatoms. The van der Waals surface area contributed by atoms with Gasteiger partial charge in [-0.25, -0.2) is 4.39 Å². The maximum absolute atomic E-state index is 12.8. The fourth-order valence-electron chi connectivity index (χ4n) is 1.31. The highest BCUT2D eigenvalue weighted by molar-refractivity contribution is 5.42. The lowest BCUT2D eigenvalue weighted by atomic mass is 10.1. The van der Waals surface area contributed by atoms with E-state index in [4.69, 9.17) is 5.73 Å². The smallest absolute Gasteiger partial charge is 0.123 e. The molecular formula is C10H10FN3. The summed E-state index contributed by atoms with van der Waals surface area (Å²) in [5.74, 6) is -0.236. The fraction of sp³-hybridized carbons (Fsp3) is 0.100. The molecule has 3 N–H and O–H groups in total. The summed E-state index contributed by atoms with van der Waals surface area (Å²) in [4.78, 5) is 0. The second-order valence-electron chi connectivity index (χ2n) is 3.11. The first-order valence-corrected chi connectivity index (χ1v) is 4.28. The molecule has 14 heavy (non-hydrogen) atoms. The Kier molecular flexibility index (Phi) is 2.18. The number of benzene rings is 1. The van der Waals surface area contributed by atoms with E-state index in [1.807, 2.05) is 6.07 Å². The predicted molar refractivity (Wildman–Crippen MR) is 52.2 cm³/mol. The van der Waals surface area contributed by atoms with Gasteiger partial charge in [0.15, 0.2) is 0 Å². The average molecular weight is 191 g/mol. The first kappa shape index (κ1) is 8.74. The molecule has 0 aliphatic rings. The Hall–Kier alpha value is -1.84. The fourth-order valence-corrected chi connectivity index (χ4v) is 1.31. The van der Waals surface area contributed by atoms with Gasteiger partial charge in [0.05, 0.1) is 17.6 Å². The van der Waals surface area contributed by atoms with Crippen LogP contribution in [0.1, 0.15) is 11.3 Å². The van der Waals surface area contributed by atoms with E-state index in [0.29, 0.717) is 12.1 Å². The molecule has 0 saturated heterocycles. The van der Waals surface area contributed by atoms with Crippen molar-refractivity contribution < 1.29 is 4.39 Å². The quantitative estimate of drug-likeness (QED) is 0.759. The third-order valence-electron chi connectivity index (χ3n) is 2.02. The van der Waals surface area contributed by atoms with Gasteiger partial charge in [0.2, 0.25) is 0 Å². The average Bonchev–Trinajstić information content (AvgIpc) is 2.52. The van der Waals surface area contributed by atoms with Gasteiger partial charge in [0.25, 0.3) is 0 Å². The van der Waals surface area contributed by atoms with Gasteiger partial charge >= 0.3 is 0 Å². The van der Waals surface area contributed by atoms with Crippen LogP contribution in [-0.2, 0) is 6.42 Å². The van der Waals surface area contributed by atoms with E-state index in [2.05, 4.69) is 10.2 Å². The molecule has 0 aliphatic carbocycles. The molecule has 0 aliphatic heterocycles. The number of nitrogen functional groups attached to an aromatic ring is 1. The van der Waals surface area contributed by atoms with E-state index in [-0.39, 0.29) is 5.82 Å². The molecule has 0 atom stereocenters. The maximum atomic E-state index is 12.8. The second kappa shape index (κ2) is 3.49. The van der Waals surface area contributed by atoms with Gasteiger partial charge < -0.3 is 5.73 Å². The molecular weight excluding hydrogens is 181 g/mol. The first-order chi connectivity index (χ1) is 6.75. The number of halogens is 1.